The molecule has 0 spiro atoms. The van der Waals surface area contributed by atoms with E-state index in [0.29, 0.717) is 40.4 Å². The molecular weight excluding hydrogens is 525 g/mol. The van der Waals surface area contributed by atoms with Crippen LogP contribution in [-0.4, -0.2) is 60.7 Å². The molecule has 39 heavy (non-hydrogen) atoms. The molecule has 1 amide bonds. The van der Waals surface area contributed by atoms with Crippen LogP contribution in [0.15, 0.2) is 41.2 Å². The number of aryl methyl sites for hydroxylation is 1. The van der Waals surface area contributed by atoms with E-state index in [0.717, 1.165) is 30.2 Å². The lowest BCUT2D eigenvalue weighted by molar-refractivity contribution is 0.00724. The Morgan fingerprint density at radius 3 is 2.87 bits per heavy atom. The minimum absolute atomic E-state index is 0.0575. The van der Waals surface area contributed by atoms with Gasteiger partial charge in [0.1, 0.15) is 17.6 Å². The molecule has 1 aromatic carbocycles. The molecule has 0 bridgehead atoms. The van der Waals surface area contributed by atoms with E-state index in [1.54, 1.807) is 6.07 Å². The van der Waals surface area contributed by atoms with Gasteiger partial charge in [-0.1, -0.05) is 0 Å². The van der Waals surface area contributed by atoms with Crippen LogP contribution in [0.4, 0.5) is 21.6 Å². The number of hydrogen-bond donors (Lipinski definition) is 5. The van der Waals surface area contributed by atoms with Gasteiger partial charge in [-0.25, -0.2) is 9.49 Å². The number of carbonyl (C=O) groups is 1. The Balaban J connectivity index is 1.23. The predicted octanol–water partition coefficient (Wildman–Crippen LogP) is 2.62. The number of benzene rings is 1. The summed E-state index contributed by atoms with van der Waals surface area (Å²) in [6.07, 6.45) is -0.949. The first-order valence-corrected chi connectivity index (χ1v) is 13.3. The molecule has 5 N–H and O–H groups in total. The molecule has 202 valence electrons. The molecule has 13 heteroatoms. The van der Waals surface area contributed by atoms with E-state index in [4.69, 9.17) is 0 Å². The average molecular weight is 552 g/mol. The van der Waals surface area contributed by atoms with Crippen LogP contribution in [-0.2, 0) is 19.5 Å². The van der Waals surface area contributed by atoms with Crippen LogP contribution in [0.1, 0.15) is 38.3 Å². The lowest BCUT2D eigenvalue weighted by Gasteiger charge is -2.23. The predicted molar refractivity (Wildman–Crippen MR) is 144 cm³/mol. The van der Waals surface area contributed by atoms with Crippen molar-refractivity contribution in [3.8, 4) is 11.3 Å². The van der Waals surface area contributed by atoms with Crippen molar-refractivity contribution in [2.75, 3.05) is 24.2 Å². The number of aromatic amines is 1. The van der Waals surface area contributed by atoms with Gasteiger partial charge in [0.2, 0.25) is 0 Å². The second-order valence-corrected chi connectivity index (χ2v) is 10.9. The maximum atomic E-state index is 14.7. The molecule has 1 aliphatic carbocycles. The van der Waals surface area contributed by atoms with Gasteiger partial charge in [-0.2, -0.15) is 10.2 Å². The zero-order chi connectivity index (χ0) is 27.3. The van der Waals surface area contributed by atoms with Gasteiger partial charge in [0, 0.05) is 29.6 Å². The molecule has 4 heterocycles. The van der Waals surface area contributed by atoms with E-state index in [9.17, 15) is 24.2 Å². The number of carbonyl (C=O) groups excluding carboxylic acids is 1. The minimum atomic E-state index is -1.05. The topological polar surface area (TPSA) is 148 Å². The van der Waals surface area contributed by atoms with Crippen LogP contribution in [0.5, 0.6) is 0 Å². The highest BCUT2D eigenvalue weighted by Gasteiger charge is 2.29. The number of anilines is 3. The van der Waals surface area contributed by atoms with E-state index >= 15 is 0 Å². The summed E-state index contributed by atoms with van der Waals surface area (Å²) in [4.78, 5) is 28.7. The number of H-pyrrole nitrogens is 1. The lowest BCUT2D eigenvalue weighted by atomic mass is 9.93. The van der Waals surface area contributed by atoms with E-state index in [-0.39, 0.29) is 11.4 Å². The highest BCUT2D eigenvalue weighted by molar-refractivity contribution is 7.14. The minimum Gasteiger partial charge on any atom is -0.390 e. The van der Waals surface area contributed by atoms with Gasteiger partial charge in [0.25, 0.3) is 11.5 Å². The largest absolute Gasteiger partial charge is 0.390 e. The number of nitrogens with zero attached hydrogens (tertiary/aromatic N) is 4. The molecule has 1 aliphatic heterocycles. The number of aliphatic hydroxyl groups is 2. The SMILES string of the molecule is CN1CCn2nc(Nc3cc(-c4ccc(F)c(NC(=O)c5cc6c(s5)CC[C@@H](O)[C@H]6O)c4)n[nH]c3=O)cc2C1. The molecule has 0 unspecified atom stereocenters. The summed E-state index contributed by atoms with van der Waals surface area (Å²) >= 11 is 1.21. The normalized spacial score (nSPS) is 18.9. The highest BCUT2D eigenvalue weighted by atomic mass is 32.1. The summed E-state index contributed by atoms with van der Waals surface area (Å²) in [5.41, 5.74) is 2.13. The molecule has 2 atom stereocenters. The molecule has 0 saturated heterocycles. The Morgan fingerprint density at radius 2 is 2.03 bits per heavy atom. The van der Waals surface area contributed by atoms with Crippen molar-refractivity contribution in [2.24, 2.45) is 0 Å². The number of hydrogen-bond acceptors (Lipinski definition) is 9. The van der Waals surface area contributed by atoms with E-state index in [1.807, 2.05) is 17.8 Å². The second kappa shape index (κ2) is 10.0. The standard InChI is InChI=1S/C26H26FN7O4S/c1-33-6-7-34-14(12-33)9-23(32-34)28-19-11-17(30-31-25(19)37)13-2-3-16(27)18(8-13)29-26(38)22-10-15-21(39-22)5-4-20(35)24(15)36/h2-3,8-11,20,24,35-36H,4-7,12H2,1H3,(H,29,38)(H,31,37)(H,28,30,32)/t20-,24+/m1/s1. The number of thiophene rings is 1. The summed E-state index contributed by atoms with van der Waals surface area (Å²) in [5.74, 6) is -0.634. The molecule has 0 saturated carbocycles. The third-order valence-electron chi connectivity index (χ3n) is 6.98. The van der Waals surface area contributed by atoms with Crippen molar-refractivity contribution in [3.63, 3.8) is 0 Å². The Hall–Kier alpha value is -3.91. The molecule has 6 rings (SSSR count). The lowest BCUT2D eigenvalue weighted by Crippen LogP contribution is -2.30. The van der Waals surface area contributed by atoms with Crippen molar-refractivity contribution in [1.82, 2.24) is 24.9 Å². The molecule has 2 aliphatic rings. The zero-order valence-corrected chi connectivity index (χ0v) is 21.8. The first-order chi connectivity index (χ1) is 18.7. The van der Waals surface area contributed by atoms with Gasteiger partial charge in [-0.05, 0) is 55.8 Å². The number of likely N-dealkylation sites (N-methyl/N-ethyl adjacent to an activating group) is 1. The fourth-order valence-electron chi connectivity index (χ4n) is 4.85. The average Bonchev–Trinajstić information content (AvgIpc) is 3.53. The maximum Gasteiger partial charge on any atom is 0.287 e. The monoisotopic (exact) mass is 551 g/mol. The smallest absolute Gasteiger partial charge is 0.287 e. The van der Waals surface area contributed by atoms with Crippen molar-refractivity contribution < 1.29 is 19.4 Å². The van der Waals surface area contributed by atoms with Gasteiger partial charge in [0.15, 0.2) is 5.82 Å². The fourth-order valence-corrected chi connectivity index (χ4v) is 5.96. The van der Waals surface area contributed by atoms with E-state index < -0.39 is 29.5 Å². The van der Waals surface area contributed by atoms with Gasteiger partial charge < -0.3 is 20.8 Å². The van der Waals surface area contributed by atoms with Gasteiger partial charge >= 0.3 is 0 Å². The Labute approximate surface area is 225 Å². The number of aromatic nitrogens is 4. The Morgan fingerprint density at radius 1 is 1.18 bits per heavy atom. The summed E-state index contributed by atoms with van der Waals surface area (Å²) < 4.78 is 16.6. The fraction of sp³-hybridized carbons (Fsp3) is 0.308. The number of rotatable bonds is 5. The van der Waals surface area contributed by atoms with Crippen LogP contribution in [0.25, 0.3) is 11.3 Å². The van der Waals surface area contributed by atoms with Crippen LogP contribution in [0.3, 0.4) is 0 Å². The molecule has 0 radical (unpaired) electrons. The first kappa shape index (κ1) is 25.4. The molecule has 0 fully saturated rings. The van der Waals surface area contributed by atoms with Gasteiger partial charge in [-0.15, -0.1) is 11.3 Å². The Bertz CT molecular complexity index is 1630. The van der Waals surface area contributed by atoms with Crippen molar-refractivity contribution in [1.29, 1.82) is 0 Å². The number of halogens is 1. The maximum absolute atomic E-state index is 14.7. The van der Waals surface area contributed by atoms with Gasteiger partial charge in [-0.3, -0.25) is 19.2 Å². The zero-order valence-electron chi connectivity index (χ0n) is 20.9. The van der Waals surface area contributed by atoms with Crippen LogP contribution in [0, 0.1) is 5.82 Å². The van der Waals surface area contributed by atoms with Crippen LogP contribution >= 0.6 is 11.3 Å². The third-order valence-corrected chi connectivity index (χ3v) is 8.19. The van der Waals surface area contributed by atoms with Crippen molar-refractivity contribution >= 4 is 34.4 Å². The van der Waals surface area contributed by atoms with Gasteiger partial charge in [0.05, 0.1) is 34.6 Å². The highest BCUT2D eigenvalue weighted by Crippen LogP contribution is 2.36. The summed E-state index contributed by atoms with van der Waals surface area (Å²) in [6.45, 7) is 2.40. The molecule has 4 aromatic rings. The van der Waals surface area contributed by atoms with E-state index in [2.05, 4.69) is 30.8 Å². The quantitative estimate of drug-likeness (QED) is 0.254. The number of fused-ring (bicyclic) bond motifs is 2. The molecule has 11 nitrogen and oxygen atoms in total. The van der Waals surface area contributed by atoms with Crippen molar-refractivity contribution in [3.05, 3.63) is 73.6 Å². The molecular formula is C26H26FN7O4S. The first-order valence-electron chi connectivity index (χ1n) is 12.5. The summed E-state index contributed by atoms with van der Waals surface area (Å²) in [5, 5.41) is 36.9. The van der Waals surface area contributed by atoms with Crippen molar-refractivity contribution in [2.45, 2.75) is 38.1 Å². The number of aliphatic hydroxyl groups excluding tert-OH is 2. The van der Waals surface area contributed by atoms with E-state index in [1.165, 1.54) is 35.6 Å². The number of nitrogens with one attached hydrogen (secondary N) is 3. The summed E-state index contributed by atoms with van der Waals surface area (Å²) in [6, 6.07) is 9.13. The summed E-state index contributed by atoms with van der Waals surface area (Å²) in [7, 11) is 2.03. The Kier molecular flexibility index (Phi) is 6.51. The molecule has 3 aromatic heterocycles. The van der Waals surface area contributed by atoms with Crippen LogP contribution in [0.2, 0.25) is 0 Å². The second-order valence-electron chi connectivity index (χ2n) is 9.79. The number of amides is 1. The third kappa shape index (κ3) is 4.96. The van der Waals surface area contributed by atoms with Crippen LogP contribution < -0.4 is 16.2 Å².